The van der Waals surface area contributed by atoms with Crippen molar-refractivity contribution in [2.24, 2.45) is 11.3 Å². The first-order valence-corrected chi connectivity index (χ1v) is 8.54. The van der Waals surface area contributed by atoms with E-state index in [1.165, 1.54) is 38.5 Å². The lowest BCUT2D eigenvalue weighted by Gasteiger charge is -2.19. The third kappa shape index (κ3) is 3.32. The van der Waals surface area contributed by atoms with Crippen LogP contribution in [0.25, 0.3) is 0 Å². The van der Waals surface area contributed by atoms with Crippen molar-refractivity contribution < 1.29 is 4.79 Å². The normalized spacial score (nSPS) is 21.2. The van der Waals surface area contributed by atoms with Gasteiger partial charge in [0.05, 0.1) is 6.04 Å². The van der Waals surface area contributed by atoms with Crippen molar-refractivity contribution in [2.75, 3.05) is 6.54 Å². The van der Waals surface area contributed by atoms with Crippen LogP contribution in [0.1, 0.15) is 56.5 Å². The van der Waals surface area contributed by atoms with Crippen LogP contribution in [-0.4, -0.2) is 17.6 Å². The molecule has 0 unspecified atom stereocenters. The van der Waals surface area contributed by atoms with Crippen LogP contribution in [0.4, 0.5) is 4.79 Å². The number of amides is 2. The van der Waals surface area contributed by atoms with Gasteiger partial charge in [-0.25, -0.2) is 9.78 Å². The molecule has 2 N–H and O–H groups in total. The minimum Gasteiger partial charge on any atom is -0.338 e. The van der Waals surface area contributed by atoms with Crippen molar-refractivity contribution in [1.29, 1.82) is 0 Å². The van der Waals surface area contributed by atoms with Gasteiger partial charge >= 0.3 is 6.03 Å². The molecule has 0 radical (unpaired) electrons. The lowest BCUT2D eigenvalue weighted by molar-refractivity contribution is 0.232. The predicted molar refractivity (Wildman–Crippen MR) is 80.7 cm³/mol. The van der Waals surface area contributed by atoms with Gasteiger partial charge in [-0.05, 0) is 43.4 Å². The van der Waals surface area contributed by atoms with E-state index in [1.54, 1.807) is 11.3 Å². The highest BCUT2D eigenvalue weighted by Crippen LogP contribution is 2.49. The van der Waals surface area contributed by atoms with Crippen LogP contribution in [0.5, 0.6) is 0 Å². The Morgan fingerprint density at radius 1 is 1.55 bits per heavy atom. The molecule has 1 heterocycles. The summed E-state index contributed by atoms with van der Waals surface area (Å²) in [5, 5.41) is 9.21. The third-order valence-electron chi connectivity index (χ3n) is 4.46. The molecule has 5 heteroatoms. The van der Waals surface area contributed by atoms with Crippen molar-refractivity contribution in [2.45, 2.75) is 51.5 Å². The summed E-state index contributed by atoms with van der Waals surface area (Å²) in [6.07, 6.45) is 9.17. The fourth-order valence-electron chi connectivity index (χ4n) is 2.88. The minimum atomic E-state index is -0.0283. The van der Waals surface area contributed by atoms with E-state index in [-0.39, 0.29) is 12.1 Å². The average Bonchev–Trinajstić information content (AvgIpc) is 3.35. The van der Waals surface area contributed by atoms with E-state index in [9.17, 15) is 4.79 Å². The first-order chi connectivity index (χ1) is 9.72. The molecule has 4 nitrogen and oxygen atoms in total. The van der Waals surface area contributed by atoms with Gasteiger partial charge in [-0.1, -0.05) is 13.3 Å². The lowest BCUT2D eigenvalue weighted by atomic mass is 10.0. The molecule has 0 bridgehead atoms. The van der Waals surface area contributed by atoms with Crippen LogP contribution < -0.4 is 10.6 Å². The number of aromatic nitrogens is 1. The van der Waals surface area contributed by atoms with E-state index < -0.39 is 0 Å². The number of hydrogen-bond acceptors (Lipinski definition) is 3. The van der Waals surface area contributed by atoms with E-state index in [0.717, 1.165) is 11.6 Å². The van der Waals surface area contributed by atoms with Crippen molar-refractivity contribution in [3.8, 4) is 0 Å². The zero-order chi connectivity index (χ0) is 14.0. The zero-order valence-corrected chi connectivity index (χ0v) is 12.8. The maximum atomic E-state index is 12.1. The molecular weight excluding hydrogens is 270 g/mol. The summed E-state index contributed by atoms with van der Waals surface area (Å²) in [7, 11) is 0. The molecule has 0 aromatic carbocycles. The molecule has 1 atom stereocenters. The highest BCUT2D eigenvalue weighted by atomic mass is 32.1. The third-order valence-corrected chi connectivity index (χ3v) is 5.32. The Balaban J connectivity index is 1.50. The van der Waals surface area contributed by atoms with Crippen molar-refractivity contribution >= 4 is 17.4 Å². The fraction of sp³-hybridized carbons (Fsp3) is 0.733. The van der Waals surface area contributed by atoms with E-state index in [1.807, 2.05) is 11.6 Å². The summed E-state index contributed by atoms with van der Waals surface area (Å²) >= 11 is 1.63. The molecule has 2 fully saturated rings. The van der Waals surface area contributed by atoms with Gasteiger partial charge in [0, 0.05) is 18.1 Å². The highest BCUT2D eigenvalue weighted by Gasteiger charge is 2.42. The first kappa shape index (κ1) is 13.9. The minimum absolute atomic E-state index is 0.0283. The summed E-state index contributed by atoms with van der Waals surface area (Å²) in [6.45, 7) is 3.04. The number of rotatable bonds is 7. The van der Waals surface area contributed by atoms with Crippen molar-refractivity contribution in [3.05, 3.63) is 16.6 Å². The molecule has 3 rings (SSSR count). The molecule has 2 saturated carbocycles. The van der Waals surface area contributed by atoms with Crippen molar-refractivity contribution in [3.63, 3.8) is 0 Å². The molecule has 2 aliphatic rings. The summed E-state index contributed by atoms with van der Waals surface area (Å²) in [4.78, 5) is 16.5. The second-order valence-corrected chi connectivity index (χ2v) is 7.19. The maximum absolute atomic E-state index is 12.1. The molecule has 2 amide bonds. The Kier molecular flexibility index (Phi) is 3.96. The number of nitrogens with one attached hydrogen (secondary N) is 2. The standard InChI is InChI=1S/C15H23N3OS/c1-2-5-15(6-7-15)10-17-14(19)18-12(11-3-4-11)13-16-8-9-20-13/h8-9,11-12H,2-7,10H2,1H3,(H2,17,18,19)/t12-/m0/s1. The predicted octanol–water partition coefficient (Wildman–Crippen LogP) is 3.47. The lowest BCUT2D eigenvalue weighted by Crippen LogP contribution is -2.41. The fourth-order valence-corrected chi connectivity index (χ4v) is 3.66. The Morgan fingerprint density at radius 2 is 2.35 bits per heavy atom. The average molecular weight is 293 g/mol. The molecule has 0 saturated heterocycles. The number of carbonyl (C=O) groups excluding carboxylic acids is 1. The first-order valence-electron chi connectivity index (χ1n) is 7.66. The number of hydrogen-bond donors (Lipinski definition) is 2. The van der Waals surface area contributed by atoms with Crippen LogP contribution in [0, 0.1) is 11.3 Å². The summed E-state index contributed by atoms with van der Waals surface area (Å²) in [5.41, 5.74) is 0.405. The largest absolute Gasteiger partial charge is 0.338 e. The summed E-state index contributed by atoms with van der Waals surface area (Å²) in [6, 6.07) is 0.0795. The molecule has 0 spiro atoms. The number of urea groups is 1. The van der Waals surface area contributed by atoms with Crippen LogP contribution in [-0.2, 0) is 0 Å². The second-order valence-electron chi connectivity index (χ2n) is 6.26. The van der Waals surface area contributed by atoms with Gasteiger partial charge in [-0.3, -0.25) is 0 Å². The molecule has 2 aliphatic carbocycles. The van der Waals surface area contributed by atoms with Gasteiger partial charge in [0.25, 0.3) is 0 Å². The molecular formula is C15H23N3OS. The molecule has 0 aliphatic heterocycles. The number of carbonyl (C=O) groups is 1. The number of thiazole rings is 1. The van der Waals surface area contributed by atoms with Gasteiger partial charge in [-0.2, -0.15) is 0 Å². The second kappa shape index (κ2) is 5.72. The SMILES string of the molecule is CCCC1(CNC(=O)N[C@H](c2nccs2)C2CC2)CC1. The Morgan fingerprint density at radius 3 is 2.90 bits per heavy atom. The monoisotopic (exact) mass is 293 g/mol. The number of nitrogens with zero attached hydrogens (tertiary/aromatic N) is 1. The smallest absolute Gasteiger partial charge is 0.315 e. The Hall–Kier alpha value is -1.10. The Labute approximate surface area is 124 Å². The molecule has 20 heavy (non-hydrogen) atoms. The molecule has 110 valence electrons. The van der Waals surface area contributed by atoms with Gasteiger partial charge in [0.1, 0.15) is 5.01 Å². The summed E-state index contributed by atoms with van der Waals surface area (Å²) in [5.74, 6) is 0.581. The van der Waals surface area contributed by atoms with Gasteiger partial charge in [-0.15, -0.1) is 11.3 Å². The van der Waals surface area contributed by atoms with Crippen LogP contribution >= 0.6 is 11.3 Å². The van der Waals surface area contributed by atoms with Crippen molar-refractivity contribution in [1.82, 2.24) is 15.6 Å². The zero-order valence-electron chi connectivity index (χ0n) is 12.0. The maximum Gasteiger partial charge on any atom is 0.315 e. The van der Waals surface area contributed by atoms with Crippen LogP contribution in [0.3, 0.4) is 0 Å². The molecule has 1 aromatic heterocycles. The molecule has 1 aromatic rings. The van der Waals surface area contributed by atoms with Crippen LogP contribution in [0.2, 0.25) is 0 Å². The Bertz CT molecular complexity index is 452. The quantitative estimate of drug-likeness (QED) is 0.808. The van der Waals surface area contributed by atoms with Crippen LogP contribution in [0.15, 0.2) is 11.6 Å². The topological polar surface area (TPSA) is 54.0 Å². The van der Waals surface area contributed by atoms with E-state index >= 15 is 0 Å². The van der Waals surface area contributed by atoms with E-state index in [0.29, 0.717) is 11.3 Å². The summed E-state index contributed by atoms with van der Waals surface area (Å²) < 4.78 is 0. The van der Waals surface area contributed by atoms with Gasteiger partial charge in [0.15, 0.2) is 0 Å². The van der Waals surface area contributed by atoms with Gasteiger partial charge in [0.2, 0.25) is 0 Å². The van der Waals surface area contributed by atoms with Gasteiger partial charge < -0.3 is 10.6 Å². The highest BCUT2D eigenvalue weighted by molar-refractivity contribution is 7.09. The van der Waals surface area contributed by atoms with E-state index in [2.05, 4.69) is 22.5 Å². The van der Waals surface area contributed by atoms with E-state index in [4.69, 9.17) is 0 Å².